The minimum absolute atomic E-state index is 0.00476. The lowest BCUT2D eigenvalue weighted by molar-refractivity contribution is -0.139. The quantitative estimate of drug-likeness (QED) is 0.342. The lowest BCUT2D eigenvalue weighted by Gasteiger charge is -2.33. The van der Waals surface area contributed by atoms with Gasteiger partial charge in [0, 0.05) is 23.2 Å². The van der Waals surface area contributed by atoms with Gasteiger partial charge in [0.15, 0.2) is 0 Å². The molecule has 1 fully saturated rings. The zero-order valence-electron chi connectivity index (χ0n) is 22.5. The molecule has 10 heteroatoms. The van der Waals surface area contributed by atoms with Crippen molar-refractivity contribution in [3.63, 3.8) is 0 Å². The third-order valence-electron chi connectivity index (χ3n) is 7.22. The summed E-state index contributed by atoms with van der Waals surface area (Å²) in [6, 6.07) is 17.6. The Morgan fingerprint density at radius 3 is 2.35 bits per heavy atom. The highest BCUT2D eigenvalue weighted by molar-refractivity contribution is 7.92. The highest BCUT2D eigenvalue weighted by Gasteiger charge is 2.34. The number of hydrogen-bond donors (Lipinski definition) is 1. The van der Waals surface area contributed by atoms with E-state index in [-0.39, 0.29) is 34.6 Å². The zero-order valence-corrected chi connectivity index (χ0v) is 24.1. The number of carbonyl (C=O) groups is 2. The summed E-state index contributed by atoms with van der Waals surface area (Å²) in [7, 11) is -4.22. The van der Waals surface area contributed by atoms with Crippen molar-refractivity contribution in [3.8, 4) is 0 Å². The molecule has 0 aromatic heterocycles. The lowest BCUT2D eigenvalue weighted by atomic mass is 10.1. The number of sulfonamides is 1. The molecule has 1 atom stereocenters. The minimum Gasteiger partial charge on any atom is -0.352 e. The fourth-order valence-electron chi connectivity index (χ4n) is 4.87. The van der Waals surface area contributed by atoms with Crippen molar-refractivity contribution >= 4 is 39.1 Å². The van der Waals surface area contributed by atoms with E-state index in [0.29, 0.717) is 10.6 Å². The van der Waals surface area contributed by atoms with Gasteiger partial charge in [-0.25, -0.2) is 12.8 Å². The fourth-order valence-corrected chi connectivity index (χ4v) is 6.53. The molecule has 0 aliphatic heterocycles. The smallest absolute Gasteiger partial charge is 0.264 e. The molecule has 3 aromatic rings. The molecule has 0 unspecified atom stereocenters. The molecule has 0 heterocycles. The van der Waals surface area contributed by atoms with Gasteiger partial charge in [0.05, 0.1) is 10.6 Å². The number of amides is 2. The zero-order chi connectivity index (χ0) is 28.9. The number of nitrogens with one attached hydrogen (secondary N) is 1. The highest BCUT2D eigenvalue weighted by atomic mass is 35.5. The summed E-state index contributed by atoms with van der Waals surface area (Å²) in [5.74, 6) is -1.55. The molecular formula is C30H33ClFN3O4S. The SMILES string of the molecule is Cc1ccc(Cl)cc1N(CC(=O)N(Cc1ccccc1F)[C@@H](C)C(=O)NC1CCCC1)S(=O)(=O)c1ccccc1. The first-order valence-corrected chi connectivity index (χ1v) is 15.1. The molecule has 0 bridgehead atoms. The van der Waals surface area contributed by atoms with Crippen molar-refractivity contribution in [2.75, 3.05) is 10.8 Å². The molecule has 212 valence electrons. The summed E-state index contributed by atoms with van der Waals surface area (Å²) in [5.41, 5.74) is 1.04. The predicted octanol–water partition coefficient (Wildman–Crippen LogP) is 5.46. The Hall–Kier alpha value is -3.43. The van der Waals surface area contributed by atoms with E-state index < -0.39 is 34.3 Å². The van der Waals surface area contributed by atoms with Crippen LogP contribution in [0, 0.1) is 12.7 Å². The second-order valence-corrected chi connectivity index (χ2v) is 12.3. The Balaban J connectivity index is 1.72. The number of anilines is 1. The van der Waals surface area contributed by atoms with Crippen LogP contribution in [0.2, 0.25) is 5.02 Å². The maximum Gasteiger partial charge on any atom is 0.264 e. The van der Waals surface area contributed by atoms with E-state index in [1.807, 2.05) is 0 Å². The second kappa shape index (κ2) is 12.8. The number of halogens is 2. The van der Waals surface area contributed by atoms with Gasteiger partial charge in [0.25, 0.3) is 10.0 Å². The summed E-state index contributed by atoms with van der Waals surface area (Å²) in [6.07, 6.45) is 3.75. The molecule has 4 rings (SSSR count). The largest absolute Gasteiger partial charge is 0.352 e. The van der Waals surface area contributed by atoms with Gasteiger partial charge in [-0.2, -0.15) is 0 Å². The first-order chi connectivity index (χ1) is 19.1. The predicted molar refractivity (Wildman–Crippen MR) is 154 cm³/mol. The van der Waals surface area contributed by atoms with Crippen LogP contribution in [-0.4, -0.2) is 43.8 Å². The van der Waals surface area contributed by atoms with Gasteiger partial charge in [-0.1, -0.05) is 66.9 Å². The number of benzene rings is 3. The van der Waals surface area contributed by atoms with Gasteiger partial charge in [-0.3, -0.25) is 13.9 Å². The monoisotopic (exact) mass is 585 g/mol. The standard InChI is InChI=1S/C30H33ClFN3O4S/c1-21-16-17-24(31)18-28(21)35(40(38,39)26-13-4-3-5-14-26)20-29(36)34(19-23-10-6-9-15-27(23)32)22(2)30(37)33-25-11-7-8-12-25/h3-6,9-10,13-18,22,25H,7-8,11-12,19-20H2,1-2H3,(H,33,37)/t22-/m0/s1. The molecule has 1 saturated carbocycles. The van der Waals surface area contributed by atoms with Crippen molar-refractivity contribution in [1.29, 1.82) is 0 Å². The van der Waals surface area contributed by atoms with Gasteiger partial charge in [0.2, 0.25) is 11.8 Å². The van der Waals surface area contributed by atoms with Gasteiger partial charge in [0.1, 0.15) is 18.4 Å². The molecular weight excluding hydrogens is 553 g/mol. The number of rotatable bonds is 10. The average molecular weight is 586 g/mol. The van der Waals surface area contributed by atoms with E-state index in [2.05, 4.69) is 5.32 Å². The molecule has 1 N–H and O–H groups in total. The second-order valence-electron chi connectivity index (χ2n) is 10.0. The van der Waals surface area contributed by atoms with Gasteiger partial charge >= 0.3 is 0 Å². The molecule has 3 aromatic carbocycles. The Bertz CT molecular complexity index is 1460. The van der Waals surface area contributed by atoms with Crippen LogP contribution in [0.5, 0.6) is 0 Å². The van der Waals surface area contributed by atoms with Crippen molar-refractivity contribution < 1.29 is 22.4 Å². The van der Waals surface area contributed by atoms with Crippen LogP contribution in [0.15, 0.2) is 77.7 Å². The molecule has 1 aliphatic rings. The van der Waals surface area contributed by atoms with Crippen molar-refractivity contribution in [2.24, 2.45) is 0 Å². The first-order valence-electron chi connectivity index (χ1n) is 13.2. The van der Waals surface area contributed by atoms with E-state index in [4.69, 9.17) is 11.6 Å². The van der Waals surface area contributed by atoms with Gasteiger partial charge in [-0.15, -0.1) is 0 Å². The van der Waals surface area contributed by atoms with Crippen LogP contribution in [-0.2, 0) is 26.2 Å². The van der Waals surface area contributed by atoms with E-state index in [9.17, 15) is 22.4 Å². The first kappa shape index (κ1) is 29.6. The van der Waals surface area contributed by atoms with E-state index >= 15 is 0 Å². The molecule has 40 heavy (non-hydrogen) atoms. The molecule has 1 aliphatic carbocycles. The van der Waals surface area contributed by atoms with Crippen LogP contribution >= 0.6 is 11.6 Å². The molecule has 0 saturated heterocycles. The Labute approximate surface area is 240 Å². The minimum atomic E-state index is -4.22. The molecule has 7 nitrogen and oxygen atoms in total. The van der Waals surface area contributed by atoms with E-state index in [1.54, 1.807) is 50.2 Å². The van der Waals surface area contributed by atoms with Crippen LogP contribution in [0.25, 0.3) is 0 Å². The summed E-state index contributed by atoms with van der Waals surface area (Å²) in [6.45, 7) is 2.47. The van der Waals surface area contributed by atoms with Crippen molar-refractivity contribution in [2.45, 2.75) is 63.1 Å². The Morgan fingerprint density at radius 2 is 1.68 bits per heavy atom. The topological polar surface area (TPSA) is 86.8 Å². The molecule has 0 radical (unpaired) electrons. The number of aryl methyl sites for hydroxylation is 1. The fraction of sp³-hybridized carbons (Fsp3) is 0.333. The van der Waals surface area contributed by atoms with E-state index in [0.717, 1.165) is 30.0 Å². The molecule has 2 amide bonds. The van der Waals surface area contributed by atoms with Crippen molar-refractivity contribution in [3.05, 3.63) is 94.8 Å². The number of hydrogen-bond acceptors (Lipinski definition) is 4. The summed E-state index contributed by atoms with van der Waals surface area (Å²) >= 11 is 6.24. The summed E-state index contributed by atoms with van der Waals surface area (Å²) in [5, 5.41) is 3.30. The van der Waals surface area contributed by atoms with Crippen LogP contribution < -0.4 is 9.62 Å². The van der Waals surface area contributed by atoms with E-state index in [1.165, 1.54) is 41.3 Å². The van der Waals surface area contributed by atoms with Crippen LogP contribution in [0.1, 0.15) is 43.7 Å². The maximum absolute atomic E-state index is 14.7. The van der Waals surface area contributed by atoms with Crippen LogP contribution in [0.4, 0.5) is 10.1 Å². The van der Waals surface area contributed by atoms with Gasteiger partial charge in [-0.05, 0) is 62.6 Å². The number of nitrogens with zero attached hydrogens (tertiary/aromatic N) is 2. The van der Waals surface area contributed by atoms with Crippen molar-refractivity contribution in [1.82, 2.24) is 10.2 Å². The maximum atomic E-state index is 14.7. The normalized spacial score (nSPS) is 14.5. The highest BCUT2D eigenvalue weighted by Crippen LogP contribution is 2.30. The average Bonchev–Trinajstić information content (AvgIpc) is 3.45. The Kier molecular flexibility index (Phi) is 9.48. The number of carbonyl (C=O) groups excluding carboxylic acids is 2. The Morgan fingerprint density at radius 1 is 1.02 bits per heavy atom. The summed E-state index contributed by atoms with van der Waals surface area (Å²) in [4.78, 5) is 28.5. The lowest BCUT2D eigenvalue weighted by Crippen LogP contribution is -2.52. The summed E-state index contributed by atoms with van der Waals surface area (Å²) < 4.78 is 43.4. The van der Waals surface area contributed by atoms with Crippen LogP contribution in [0.3, 0.4) is 0 Å². The molecule has 0 spiro atoms. The third-order valence-corrected chi connectivity index (χ3v) is 9.23. The third kappa shape index (κ3) is 6.82. The van der Waals surface area contributed by atoms with Gasteiger partial charge < -0.3 is 10.2 Å².